The van der Waals surface area contributed by atoms with E-state index < -0.39 is 0 Å². The summed E-state index contributed by atoms with van der Waals surface area (Å²) >= 11 is 0. The zero-order valence-electron chi connectivity index (χ0n) is 17.4. The second-order valence-corrected chi connectivity index (χ2v) is 7.26. The highest BCUT2D eigenvalue weighted by Crippen LogP contribution is 2.32. The van der Waals surface area contributed by atoms with Crippen molar-refractivity contribution in [1.29, 1.82) is 0 Å². The molecule has 0 amide bonds. The van der Waals surface area contributed by atoms with Crippen molar-refractivity contribution in [2.24, 2.45) is 0 Å². The van der Waals surface area contributed by atoms with Crippen molar-refractivity contribution in [1.82, 2.24) is 4.57 Å². The van der Waals surface area contributed by atoms with Gasteiger partial charge in [-0.15, -0.1) is 0 Å². The molecule has 0 fully saturated rings. The van der Waals surface area contributed by atoms with E-state index in [0.717, 1.165) is 22.9 Å². The van der Waals surface area contributed by atoms with Gasteiger partial charge in [-0.2, -0.15) is 0 Å². The normalized spacial score (nSPS) is 15.0. The van der Waals surface area contributed by atoms with Gasteiger partial charge < -0.3 is 23.5 Å². The van der Waals surface area contributed by atoms with E-state index in [4.69, 9.17) is 18.9 Å². The molecule has 0 aliphatic carbocycles. The van der Waals surface area contributed by atoms with Crippen LogP contribution < -0.4 is 18.9 Å². The molecule has 0 saturated carbocycles. The van der Waals surface area contributed by atoms with Gasteiger partial charge in [0, 0.05) is 17.0 Å². The van der Waals surface area contributed by atoms with E-state index in [1.54, 1.807) is 19.2 Å². The van der Waals surface area contributed by atoms with Crippen LogP contribution in [0.5, 0.6) is 23.0 Å². The molecule has 156 valence electrons. The lowest BCUT2D eigenvalue weighted by molar-refractivity contribution is 0.0777. The van der Waals surface area contributed by atoms with Crippen LogP contribution in [0.25, 0.3) is 0 Å². The number of aryl methyl sites for hydroxylation is 1. The van der Waals surface area contributed by atoms with Crippen LogP contribution >= 0.6 is 0 Å². The third-order valence-corrected chi connectivity index (χ3v) is 5.26. The molecule has 1 aromatic heterocycles. The maximum Gasteiger partial charge on any atom is 0.202 e. The number of carbonyl (C=O) groups excluding carboxylic acids is 1. The lowest BCUT2D eigenvalue weighted by atomic mass is 10.1. The van der Waals surface area contributed by atoms with Crippen LogP contribution in [0.2, 0.25) is 0 Å². The number of aromatic nitrogens is 1. The summed E-state index contributed by atoms with van der Waals surface area (Å²) in [6.07, 6.45) is -0.127. The van der Waals surface area contributed by atoms with Crippen molar-refractivity contribution in [2.45, 2.75) is 26.5 Å². The van der Waals surface area contributed by atoms with Crippen molar-refractivity contribution in [3.05, 3.63) is 71.5 Å². The lowest BCUT2D eigenvalue weighted by Gasteiger charge is -2.27. The van der Waals surface area contributed by atoms with Gasteiger partial charge in [-0.05, 0) is 44.2 Å². The van der Waals surface area contributed by atoms with E-state index >= 15 is 0 Å². The molecule has 6 nitrogen and oxygen atoms in total. The van der Waals surface area contributed by atoms with E-state index in [0.29, 0.717) is 30.2 Å². The lowest BCUT2D eigenvalue weighted by Crippen LogP contribution is -2.33. The van der Waals surface area contributed by atoms with Gasteiger partial charge in [0.05, 0.1) is 13.7 Å². The van der Waals surface area contributed by atoms with E-state index in [1.165, 1.54) is 0 Å². The zero-order chi connectivity index (χ0) is 21.1. The molecule has 0 saturated heterocycles. The third kappa shape index (κ3) is 3.99. The van der Waals surface area contributed by atoms with Crippen LogP contribution in [0.3, 0.4) is 0 Å². The summed E-state index contributed by atoms with van der Waals surface area (Å²) in [6.45, 7) is 4.95. The molecule has 3 aromatic rings. The minimum atomic E-state index is -0.127. The fourth-order valence-corrected chi connectivity index (χ4v) is 3.68. The number of fused-ring (bicyclic) bond motifs is 1. The first kappa shape index (κ1) is 19.9. The Morgan fingerprint density at radius 1 is 1.07 bits per heavy atom. The van der Waals surface area contributed by atoms with Gasteiger partial charge in [-0.25, -0.2) is 0 Å². The van der Waals surface area contributed by atoms with Crippen LogP contribution in [-0.4, -0.2) is 36.8 Å². The predicted molar refractivity (Wildman–Crippen MR) is 113 cm³/mol. The van der Waals surface area contributed by atoms with E-state index in [2.05, 4.69) is 4.57 Å². The van der Waals surface area contributed by atoms with E-state index in [9.17, 15) is 4.79 Å². The maximum atomic E-state index is 12.8. The van der Waals surface area contributed by atoms with Crippen LogP contribution in [0, 0.1) is 13.8 Å². The molecule has 0 spiro atoms. The number of ether oxygens (including phenoxy) is 4. The Hall–Kier alpha value is -3.41. The number of hydrogen-bond donors (Lipinski definition) is 0. The summed E-state index contributed by atoms with van der Waals surface area (Å²) in [5, 5.41) is 0. The fourth-order valence-electron chi connectivity index (χ4n) is 3.68. The minimum Gasteiger partial charge on any atom is -0.493 e. The van der Waals surface area contributed by atoms with Crippen LogP contribution in [0.4, 0.5) is 0 Å². The van der Waals surface area contributed by atoms with Gasteiger partial charge in [-0.3, -0.25) is 4.79 Å². The number of para-hydroxylation sites is 4. The second-order valence-electron chi connectivity index (χ2n) is 7.26. The fraction of sp³-hybridized carbons (Fsp3) is 0.292. The van der Waals surface area contributed by atoms with Crippen molar-refractivity contribution in [2.75, 3.05) is 20.3 Å². The number of hydrogen-bond acceptors (Lipinski definition) is 5. The number of benzene rings is 2. The quantitative estimate of drug-likeness (QED) is 0.549. The average Bonchev–Trinajstić information content (AvgIpc) is 3.06. The first-order chi connectivity index (χ1) is 14.6. The smallest absolute Gasteiger partial charge is 0.202 e. The summed E-state index contributed by atoms with van der Waals surface area (Å²) in [4.78, 5) is 12.8. The van der Waals surface area contributed by atoms with Crippen LogP contribution in [0.15, 0.2) is 54.6 Å². The zero-order valence-corrected chi connectivity index (χ0v) is 17.4. The van der Waals surface area contributed by atoms with Gasteiger partial charge in [-0.1, -0.05) is 24.3 Å². The largest absolute Gasteiger partial charge is 0.493 e. The number of carbonyl (C=O) groups is 1. The molecule has 1 unspecified atom stereocenters. The summed E-state index contributed by atoms with van der Waals surface area (Å²) in [5.41, 5.74) is 2.54. The maximum absolute atomic E-state index is 12.8. The molecule has 0 N–H and O–H groups in total. The minimum absolute atomic E-state index is 0.0545. The molecule has 30 heavy (non-hydrogen) atoms. The molecule has 6 heteroatoms. The van der Waals surface area contributed by atoms with Gasteiger partial charge in [0.15, 0.2) is 35.7 Å². The van der Waals surface area contributed by atoms with E-state index in [-0.39, 0.29) is 18.5 Å². The Kier molecular flexibility index (Phi) is 5.65. The molecule has 1 aliphatic heterocycles. The van der Waals surface area contributed by atoms with Gasteiger partial charge in [0.1, 0.15) is 6.61 Å². The Balaban J connectivity index is 1.45. The Morgan fingerprint density at radius 3 is 2.53 bits per heavy atom. The molecule has 2 aromatic carbocycles. The molecular formula is C24H25NO5. The Labute approximate surface area is 175 Å². The van der Waals surface area contributed by atoms with Gasteiger partial charge >= 0.3 is 0 Å². The van der Waals surface area contributed by atoms with Crippen LogP contribution in [-0.2, 0) is 6.54 Å². The Morgan fingerprint density at radius 2 is 1.77 bits per heavy atom. The average molecular weight is 407 g/mol. The summed E-state index contributed by atoms with van der Waals surface area (Å²) < 4.78 is 25.0. The highest BCUT2D eigenvalue weighted by molar-refractivity contribution is 5.98. The van der Waals surface area contributed by atoms with Crippen molar-refractivity contribution in [3.63, 3.8) is 0 Å². The molecule has 0 bridgehead atoms. The molecular weight excluding hydrogens is 382 g/mol. The van der Waals surface area contributed by atoms with Gasteiger partial charge in [0.25, 0.3) is 0 Å². The molecule has 0 radical (unpaired) electrons. The molecule has 1 atom stereocenters. The monoisotopic (exact) mass is 407 g/mol. The Bertz CT molecular complexity index is 1060. The van der Waals surface area contributed by atoms with Crippen LogP contribution in [0.1, 0.15) is 21.7 Å². The SMILES string of the molecule is COc1ccccc1OCC(=O)c1cc(C)n(CC2COc3ccccc3O2)c1C. The van der Waals surface area contributed by atoms with Crippen molar-refractivity contribution >= 4 is 5.78 Å². The summed E-state index contributed by atoms with van der Waals surface area (Å²) in [7, 11) is 1.58. The first-order valence-corrected chi connectivity index (χ1v) is 9.91. The van der Waals surface area contributed by atoms with Crippen molar-refractivity contribution < 1.29 is 23.7 Å². The summed E-state index contributed by atoms with van der Waals surface area (Å²) in [6, 6.07) is 16.8. The second kappa shape index (κ2) is 8.53. The number of nitrogens with zero attached hydrogens (tertiary/aromatic N) is 1. The number of methoxy groups -OCH3 is 1. The predicted octanol–water partition coefficient (Wildman–Crippen LogP) is 4.22. The highest BCUT2D eigenvalue weighted by Gasteiger charge is 2.24. The number of rotatable bonds is 7. The highest BCUT2D eigenvalue weighted by atomic mass is 16.6. The number of Topliss-reactive ketones (excluding diaryl/α,β-unsaturated/α-hetero) is 1. The number of ketones is 1. The standard InChI is InChI=1S/C24H25NO5/c1-16-12-19(20(26)15-29-22-9-5-4-8-21(22)27-3)17(2)25(16)13-18-14-28-23-10-6-7-11-24(23)30-18/h4-12,18H,13-15H2,1-3H3. The molecule has 2 heterocycles. The third-order valence-electron chi connectivity index (χ3n) is 5.26. The van der Waals surface area contributed by atoms with Crippen molar-refractivity contribution in [3.8, 4) is 23.0 Å². The topological polar surface area (TPSA) is 58.9 Å². The van der Waals surface area contributed by atoms with E-state index in [1.807, 2.05) is 56.3 Å². The van der Waals surface area contributed by atoms with Gasteiger partial charge in [0.2, 0.25) is 5.78 Å². The molecule has 1 aliphatic rings. The first-order valence-electron chi connectivity index (χ1n) is 9.91. The molecule has 4 rings (SSSR count). The summed E-state index contributed by atoms with van der Waals surface area (Å²) in [5.74, 6) is 2.59.